The van der Waals surface area contributed by atoms with Crippen molar-refractivity contribution < 1.29 is 9.59 Å². The number of carbonyl (C=O) groups is 2. The Bertz CT molecular complexity index is 449. The molecule has 0 aliphatic carbocycles. The van der Waals surface area contributed by atoms with Crippen molar-refractivity contribution in [1.82, 2.24) is 4.90 Å². The number of para-hydroxylation sites is 1. The van der Waals surface area contributed by atoms with Gasteiger partial charge in [-0.05, 0) is 18.6 Å². The van der Waals surface area contributed by atoms with E-state index in [0.717, 1.165) is 12.8 Å². The van der Waals surface area contributed by atoms with Crippen molar-refractivity contribution >= 4 is 29.1 Å². The van der Waals surface area contributed by atoms with Crippen LogP contribution in [0.5, 0.6) is 0 Å². The zero-order chi connectivity index (χ0) is 14.3. The fourth-order valence-corrected chi connectivity index (χ4v) is 1.73. The van der Waals surface area contributed by atoms with E-state index in [1.165, 1.54) is 0 Å². The summed E-state index contributed by atoms with van der Waals surface area (Å²) in [7, 11) is 1.71. The van der Waals surface area contributed by atoms with Crippen LogP contribution in [0.4, 0.5) is 5.69 Å². The summed E-state index contributed by atoms with van der Waals surface area (Å²) in [5.74, 6) is -0.528. The van der Waals surface area contributed by atoms with Gasteiger partial charge in [-0.25, -0.2) is 0 Å². The lowest BCUT2D eigenvalue weighted by molar-refractivity contribution is -0.133. The number of carbonyl (C=O) groups excluding carboxylic acids is 2. The monoisotopic (exact) mass is 282 g/mol. The number of halogens is 1. The maximum Gasteiger partial charge on any atom is 0.233 e. The third-order valence-electron chi connectivity index (χ3n) is 2.73. The largest absolute Gasteiger partial charge is 0.345 e. The number of anilines is 1. The molecule has 5 heteroatoms. The van der Waals surface area contributed by atoms with E-state index >= 15 is 0 Å². The number of unbranched alkanes of at least 4 members (excludes halogenated alkanes) is 1. The molecule has 1 aromatic carbocycles. The third kappa shape index (κ3) is 5.30. The van der Waals surface area contributed by atoms with Gasteiger partial charge in [0, 0.05) is 13.6 Å². The number of hydrogen-bond acceptors (Lipinski definition) is 2. The van der Waals surface area contributed by atoms with Crippen LogP contribution in [0.25, 0.3) is 0 Å². The zero-order valence-electron chi connectivity index (χ0n) is 11.3. The molecule has 0 aromatic heterocycles. The molecule has 4 nitrogen and oxygen atoms in total. The maximum absolute atomic E-state index is 11.8. The maximum atomic E-state index is 11.8. The summed E-state index contributed by atoms with van der Waals surface area (Å²) in [6.45, 7) is 2.73. The Morgan fingerprint density at radius 3 is 2.63 bits per heavy atom. The highest BCUT2D eigenvalue weighted by Gasteiger charge is 2.14. The van der Waals surface area contributed by atoms with E-state index in [1.54, 1.807) is 36.2 Å². The molecule has 104 valence electrons. The highest BCUT2D eigenvalue weighted by atomic mass is 35.5. The Labute approximate surface area is 118 Å². The first-order chi connectivity index (χ1) is 9.04. The molecule has 1 aromatic rings. The first kappa shape index (κ1) is 15.5. The van der Waals surface area contributed by atoms with Crippen LogP contribution in [-0.2, 0) is 9.59 Å². The SMILES string of the molecule is CCCCN(C)C(=O)CC(=O)Nc1ccccc1Cl. The minimum atomic E-state index is -0.346. The fraction of sp³-hybridized carbons (Fsp3) is 0.429. The van der Waals surface area contributed by atoms with Crippen LogP contribution in [-0.4, -0.2) is 30.3 Å². The number of nitrogens with zero attached hydrogens (tertiary/aromatic N) is 1. The van der Waals surface area contributed by atoms with Crippen molar-refractivity contribution in [2.45, 2.75) is 26.2 Å². The molecule has 0 atom stereocenters. The average Bonchev–Trinajstić information content (AvgIpc) is 2.38. The van der Waals surface area contributed by atoms with Gasteiger partial charge in [-0.15, -0.1) is 0 Å². The molecule has 1 rings (SSSR count). The Morgan fingerprint density at radius 2 is 2.00 bits per heavy atom. The highest BCUT2D eigenvalue weighted by molar-refractivity contribution is 6.33. The Morgan fingerprint density at radius 1 is 1.32 bits per heavy atom. The minimum absolute atomic E-state index is 0.161. The van der Waals surface area contributed by atoms with E-state index in [0.29, 0.717) is 17.3 Å². The molecule has 0 bridgehead atoms. The Hall–Kier alpha value is -1.55. The summed E-state index contributed by atoms with van der Waals surface area (Å²) in [6.07, 6.45) is 1.79. The van der Waals surface area contributed by atoms with Crippen molar-refractivity contribution in [2.75, 3.05) is 18.9 Å². The van der Waals surface area contributed by atoms with E-state index in [1.807, 2.05) is 0 Å². The van der Waals surface area contributed by atoms with E-state index in [-0.39, 0.29) is 18.2 Å². The normalized spacial score (nSPS) is 10.1. The molecule has 19 heavy (non-hydrogen) atoms. The lowest BCUT2D eigenvalue weighted by Gasteiger charge is -2.16. The molecule has 1 N–H and O–H groups in total. The van der Waals surface area contributed by atoms with Gasteiger partial charge in [0.05, 0.1) is 10.7 Å². The summed E-state index contributed by atoms with van der Waals surface area (Å²) in [5.41, 5.74) is 0.526. The number of rotatable bonds is 6. The van der Waals surface area contributed by atoms with Gasteiger partial charge in [0.1, 0.15) is 6.42 Å². The number of nitrogens with one attached hydrogen (secondary N) is 1. The Balaban J connectivity index is 2.47. The highest BCUT2D eigenvalue weighted by Crippen LogP contribution is 2.20. The third-order valence-corrected chi connectivity index (χ3v) is 3.06. The van der Waals surface area contributed by atoms with Crippen LogP contribution >= 0.6 is 11.6 Å². The molecule has 0 aliphatic rings. The topological polar surface area (TPSA) is 49.4 Å². The number of amides is 2. The summed E-state index contributed by atoms with van der Waals surface area (Å²) >= 11 is 5.93. The van der Waals surface area contributed by atoms with Gasteiger partial charge in [-0.3, -0.25) is 9.59 Å². The van der Waals surface area contributed by atoms with Gasteiger partial charge in [0.15, 0.2) is 0 Å². The second kappa shape index (κ2) is 7.79. The molecular formula is C14H19ClN2O2. The summed E-state index contributed by atoms with van der Waals surface area (Å²) in [4.78, 5) is 25.1. The van der Waals surface area contributed by atoms with Crippen LogP contribution in [0.3, 0.4) is 0 Å². The standard InChI is InChI=1S/C14H19ClN2O2/c1-3-4-9-17(2)14(19)10-13(18)16-12-8-6-5-7-11(12)15/h5-8H,3-4,9-10H2,1-2H3,(H,16,18). The first-order valence-electron chi connectivity index (χ1n) is 6.33. The lowest BCUT2D eigenvalue weighted by atomic mass is 10.2. The van der Waals surface area contributed by atoms with Crippen molar-refractivity contribution in [3.05, 3.63) is 29.3 Å². The van der Waals surface area contributed by atoms with Crippen molar-refractivity contribution in [1.29, 1.82) is 0 Å². The second-order valence-electron chi connectivity index (χ2n) is 4.37. The zero-order valence-corrected chi connectivity index (χ0v) is 12.0. The van der Waals surface area contributed by atoms with Gasteiger partial charge in [-0.1, -0.05) is 37.1 Å². The van der Waals surface area contributed by atoms with E-state index in [4.69, 9.17) is 11.6 Å². The molecule has 0 radical (unpaired) electrons. The molecule has 0 aliphatic heterocycles. The van der Waals surface area contributed by atoms with Crippen LogP contribution in [0.1, 0.15) is 26.2 Å². The Kier molecular flexibility index (Phi) is 6.36. The van der Waals surface area contributed by atoms with Crippen LogP contribution in [0, 0.1) is 0 Å². The number of hydrogen-bond donors (Lipinski definition) is 1. The van der Waals surface area contributed by atoms with E-state index < -0.39 is 0 Å². The second-order valence-corrected chi connectivity index (χ2v) is 4.78. The lowest BCUT2D eigenvalue weighted by Crippen LogP contribution is -2.31. The molecule has 0 heterocycles. The number of benzene rings is 1. The quantitative estimate of drug-likeness (QED) is 0.816. The van der Waals surface area contributed by atoms with Gasteiger partial charge >= 0.3 is 0 Å². The van der Waals surface area contributed by atoms with E-state index in [9.17, 15) is 9.59 Å². The predicted molar refractivity (Wildman–Crippen MR) is 77.2 cm³/mol. The average molecular weight is 283 g/mol. The molecule has 2 amide bonds. The van der Waals surface area contributed by atoms with Crippen molar-refractivity contribution in [3.8, 4) is 0 Å². The fourth-order valence-electron chi connectivity index (χ4n) is 1.55. The van der Waals surface area contributed by atoms with Gasteiger partial charge in [-0.2, -0.15) is 0 Å². The van der Waals surface area contributed by atoms with Gasteiger partial charge in [0.2, 0.25) is 11.8 Å². The molecule has 0 fully saturated rings. The van der Waals surface area contributed by atoms with Crippen LogP contribution in [0.2, 0.25) is 5.02 Å². The van der Waals surface area contributed by atoms with Crippen LogP contribution in [0.15, 0.2) is 24.3 Å². The van der Waals surface area contributed by atoms with Crippen molar-refractivity contribution in [3.63, 3.8) is 0 Å². The van der Waals surface area contributed by atoms with Gasteiger partial charge < -0.3 is 10.2 Å². The molecular weight excluding hydrogens is 264 g/mol. The molecule has 0 saturated carbocycles. The summed E-state index contributed by atoms with van der Waals surface area (Å²) in [5, 5.41) is 3.09. The summed E-state index contributed by atoms with van der Waals surface area (Å²) < 4.78 is 0. The molecule has 0 spiro atoms. The molecule has 0 unspecified atom stereocenters. The smallest absolute Gasteiger partial charge is 0.233 e. The minimum Gasteiger partial charge on any atom is -0.345 e. The predicted octanol–water partition coefficient (Wildman–Crippen LogP) is 2.93. The van der Waals surface area contributed by atoms with Gasteiger partial charge in [0.25, 0.3) is 0 Å². The summed E-state index contributed by atoms with van der Waals surface area (Å²) in [6, 6.07) is 6.94. The first-order valence-corrected chi connectivity index (χ1v) is 6.70. The molecule has 0 saturated heterocycles. The van der Waals surface area contributed by atoms with Crippen LogP contribution < -0.4 is 5.32 Å². The van der Waals surface area contributed by atoms with Crippen molar-refractivity contribution in [2.24, 2.45) is 0 Å². The van der Waals surface area contributed by atoms with E-state index in [2.05, 4.69) is 12.2 Å².